The fourth-order valence-electron chi connectivity index (χ4n) is 1.33. The fraction of sp³-hybridized carbons (Fsp3) is 0.182. The summed E-state index contributed by atoms with van der Waals surface area (Å²) in [6.45, 7) is 0. The van der Waals surface area contributed by atoms with Gasteiger partial charge in [0.05, 0.1) is 12.9 Å². The van der Waals surface area contributed by atoms with E-state index in [-0.39, 0.29) is 0 Å². The molecule has 5 nitrogen and oxygen atoms in total. The van der Waals surface area contributed by atoms with Crippen LogP contribution in [0.5, 0.6) is 5.75 Å². The summed E-state index contributed by atoms with van der Waals surface area (Å²) in [5.41, 5.74) is 0.791. The predicted molar refractivity (Wildman–Crippen MR) is 65.3 cm³/mol. The summed E-state index contributed by atoms with van der Waals surface area (Å²) in [5, 5.41) is 12.1. The normalized spacial score (nSPS) is 9.88. The maximum atomic E-state index is 5.26. The molecule has 0 unspecified atom stereocenters. The smallest absolute Gasteiger partial charge is 0.215 e. The van der Waals surface area contributed by atoms with Crippen molar-refractivity contribution in [1.29, 1.82) is 0 Å². The van der Waals surface area contributed by atoms with Crippen molar-refractivity contribution in [3.63, 3.8) is 0 Å². The molecule has 0 saturated heterocycles. The van der Waals surface area contributed by atoms with Crippen molar-refractivity contribution in [3.8, 4) is 23.8 Å². The maximum absolute atomic E-state index is 5.26. The van der Waals surface area contributed by atoms with E-state index in [4.69, 9.17) is 11.2 Å². The Morgan fingerprint density at radius 3 is 3.06 bits per heavy atom. The molecule has 17 heavy (non-hydrogen) atoms. The Kier molecular flexibility index (Phi) is 3.62. The quantitative estimate of drug-likeness (QED) is 0.603. The number of rotatable bonds is 4. The summed E-state index contributed by atoms with van der Waals surface area (Å²) in [6.07, 6.45) is 5.22. The summed E-state index contributed by atoms with van der Waals surface area (Å²) in [6, 6.07) is 7.53. The van der Waals surface area contributed by atoms with Gasteiger partial charge in [0.2, 0.25) is 5.16 Å². The van der Waals surface area contributed by atoms with Gasteiger partial charge in [-0.2, -0.15) is 4.68 Å². The molecule has 0 aliphatic carbocycles. The van der Waals surface area contributed by atoms with Gasteiger partial charge in [-0.25, -0.2) is 0 Å². The second kappa shape index (κ2) is 5.37. The first-order valence-corrected chi connectivity index (χ1v) is 5.83. The Morgan fingerprint density at radius 1 is 1.47 bits per heavy atom. The summed E-state index contributed by atoms with van der Waals surface area (Å²) in [7, 11) is 1.61. The van der Waals surface area contributed by atoms with E-state index in [2.05, 4.69) is 21.4 Å². The number of hydrogen-bond donors (Lipinski definition) is 0. The zero-order valence-corrected chi connectivity index (χ0v) is 10.0. The topological polar surface area (TPSA) is 52.8 Å². The van der Waals surface area contributed by atoms with E-state index in [9.17, 15) is 0 Å². The number of benzene rings is 1. The Labute approximate surface area is 103 Å². The molecule has 0 bridgehead atoms. The van der Waals surface area contributed by atoms with Gasteiger partial charge in [-0.1, -0.05) is 29.8 Å². The fourth-order valence-corrected chi connectivity index (χ4v) is 1.89. The Bertz CT molecular complexity index is 546. The molecule has 6 heteroatoms. The highest BCUT2D eigenvalue weighted by Crippen LogP contribution is 2.25. The molecule has 2 rings (SSSR count). The lowest BCUT2D eigenvalue weighted by Crippen LogP contribution is -2.01. The van der Waals surface area contributed by atoms with Crippen LogP contribution in [0.25, 0.3) is 5.69 Å². The molecule has 1 aromatic heterocycles. The van der Waals surface area contributed by atoms with Crippen molar-refractivity contribution < 1.29 is 4.74 Å². The highest BCUT2D eigenvalue weighted by molar-refractivity contribution is 7.99. The number of thioether (sulfide) groups is 1. The number of methoxy groups -OCH3 is 1. The molecular formula is C11H10N4OS. The average Bonchev–Trinajstić information content (AvgIpc) is 2.84. The van der Waals surface area contributed by atoms with Crippen molar-refractivity contribution in [1.82, 2.24) is 20.2 Å². The van der Waals surface area contributed by atoms with Gasteiger partial charge in [0, 0.05) is 0 Å². The third-order valence-electron chi connectivity index (χ3n) is 2.04. The zero-order chi connectivity index (χ0) is 12.1. The summed E-state index contributed by atoms with van der Waals surface area (Å²) < 4.78 is 6.87. The minimum Gasteiger partial charge on any atom is -0.494 e. The molecule has 0 radical (unpaired) electrons. The van der Waals surface area contributed by atoms with E-state index in [1.54, 1.807) is 11.8 Å². The lowest BCUT2D eigenvalue weighted by Gasteiger charge is -2.08. The molecule has 1 aromatic carbocycles. The second-order valence-corrected chi connectivity index (χ2v) is 3.98. The molecule has 86 valence electrons. The van der Waals surface area contributed by atoms with Gasteiger partial charge in [0.25, 0.3) is 0 Å². The van der Waals surface area contributed by atoms with Crippen molar-refractivity contribution >= 4 is 11.8 Å². The van der Waals surface area contributed by atoms with Gasteiger partial charge < -0.3 is 4.74 Å². The van der Waals surface area contributed by atoms with E-state index in [1.165, 1.54) is 11.8 Å². The molecule has 0 saturated carbocycles. The van der Waals surface area contributed by atoms with Gasteiger partial charge >= 0.3 is 0 Å². The van der Waals surface area contributed by atoms with Crippen molar-refractivity contribution in [2.75, 3.05) is 12.9 Å². The third kappa shape index (κ3) is 2.40. The average molecular weight is 246 g/mol. The van der Waals surface area contributed by atoms with E-state index in [0.717, 1.165) is 5.69 Å². The van der Waals surface area contributed by atoms with Crippen LogP contribution in [0.2, 0.25) is 0 Å². The highest BCUT2D eigenvalue weighted by atomic mass is 32.2. The number of ether oxygens (including phenoxy) is 1. The largest absolute Gasteiger partial charge is 0.494 e. The minimum absolute atomic E-state index is 0.523. The van der Waals surface area contributed by atoms with Gasteiger partial charge in [-0.05, 0) is 22.6 Å². The number of para-hydroxylation sites is 2. The highest BCUT2D eigenvalue weighted by Gasteiger charge is 2.11. The first-order valence-electron chi connectivity index (χ1n) is 4.85. The zero-order valence-electron chi connectivity index (χ0n) is 9.20. The molecule has 0 N–H and O–H groups in total. The standard InChI is InChI=1S/C11H10N4OS/c1-3-8-17-11-12-13-14-15(11)9-6-4-5-7-10(9)16-2/h1,4-7H,8H2,2H3. The van der Waals surface area contributed by atoms with E-state index in [1.807, 2.05) is 24.3 Å². The molecule has 0 fully saturated rings. The van der Waals surface area contributed by atoms with Crippen LogP contribution >= 0.6 is 11.8 Å². The minimum atomic E-state index is 0.523. The molecule has 2 aromatic rings. The van der Waals surface area contributed by atoms with Crippen LogP contribution in [0, 0.1) is 12.3 Å². The lowest BCUT2D eigenvalue weighted by molar-refractivity contribution is 0.410. The molecule has 0 amide bonds. The molecule has 0 atom stereocenters. The molecule has 1 heterocycles. The van der Waals surface area contributed by atoms with Crippen LogP contribution in [0.4, 0.5) is 0 Å². The number of terminal acetylenes is 1. The molecular weight excluding hydrogens is 236 g/mol. The Hall–Kier alpha value is -2.00. The van der Waals surface area contributed by atoms with Crippen molar-refractivity contribution in [2.45, 2.75) is 5.16 Å². The SMILES string of the molecule is C#CCSc1nnnn1-c1ccccc1OC. The first kappa shape index (κ1) is 11.5. The first-order chi connectivity index (χ1) is 8.36. The van der Waals surface area contributed by atoms with Crippen LogP contribution in [0.15, 0.2) is 29.4 Å². The number of tetrazole rings is 1. The summed E-state index contributed by atoms with van der Waals surface area (Å²) in [4.78, 5) is 0. The number of hydrogen-bond acceptors (Lipinski definition) is 5. The van der Waals surface area contributed by atoms with E-state index < -0.39 is 0 Å². The lowest BCUT2D eigenvalue weighted by atomic mass is 10.3. The van der Waals surface area contributed by atoms with Crippen molar-refractivity contribution in [2.24, 2.45) is 0 Å². The van der Waals surface area contributed by atoms with Gasteiger partial charge in [-0.15, -0.1) is 11.5 Å². The number of nitrogens with zero attached hydrogens (tertiary/aromatic N) is 4. The molecule has 0 aliphatic heterocycles. The molecule has 0 aliphatic rings. The summed E-state index contributed by atoms with van der Waals surface area (Å²) in [5.74, 6) is 3.77. The third-order valence-corrected chi connectivity index (χ3v) is 2.86. The Balaban J connectivity index is 2.39. The monoisotopic (exact) mass is 246 g/mol. The van der Waals surface area contributed by atoms with Crippen LogP contribution < -0.4 is 4.74 Å². The van der Waals surface area contributed by atoms with E-state index >= 15 is 0 Å². The predicted octanol–water partition coefficient (Wildman–Crippen LogP) is 1.40. The van der Waals surface area contributed by atoms with Crippen LogP contribution in [-0.2, 0) is 0 Å². The van der Waals surface area contributed by atoms with Gasteiger partial charge in [-0.3, -0.25) is 0 Å². The van der Waals surface area contributed by atoms with Crippen LogP contribution in [0.3, 0.4) is 0 Å². The number of aromatic nitrogens is 4. The van der Waals surface area contributed by atoms with Crippen molar-refractivity contribution in [3.05, 3.63) is 24.3 Å². The van der Waals surface area contributed by atoms with Gasteiger partial charge in [0.1, 0.15) is 11.4 Å². The Morgan fingerprint density at radius 2 is 2.29 bits per heavy atom. The van der Waals surface area contributed by atoms with E-state index in [0.29, 0.717) is 16.7 Å². The molecule has 0 spiro atoms. The second-order valence-electron chi connectivity index (χ2n) is 3.04. The van der Waals surface area contributed by atoms with Gasteiger partial charge in [0.15, 0.2) is 0 Å². The maximum Gasteiger partial charge on any atom is 0.215 e. The van der Waals surface area contributed by atoms with Crippen LogP contribution in [-0.4, -0.2) is 33.1 Å². The summed E-state index contributed by atoms with van der Waals surface area (Å²) >= 11 is 1.40. The van der Waals surface area contributed by atoms with Crippen LogP contribution in [0.1, 0.15) is 0 Å².